The van der Waals surface area contributed by atoms with Crippen molar-refractivity contribution in [3.8, 4) is 23.5 Å². The number of para-hydroxylation sites is 1. The second-order valence-electron chi connectivity index (χ2n) is 6.71. The first-order chi connectivity index (χ1) is 15.5. The molecule has 0 saturated heterocycles. The Morgan fingerprint density at radius 1 is 1.03 bits per heavy atom. The fraction of sp³-hybridized carbons (Fsp3) is 0. The lowest BCUT2D eigenvalue weighted by Crippen LogP contribution is -2.02. The number of rotatable bonds is 5. The molecule has 0 radical (unpaired) electrons. The molecule has 0 bridgehead atoms. The van der Waals surface area contributed by atoms with Crippen LogP contribution in [0, 0.1) is 32.8 Å². The van der Waals surface area contributed by atoms with Crippen molar-refractivity contribution in [2.24, 2.45) is 0 Å². The summed E-state index contributed by atoms with van der Waals surface area (Å²) in [6, 6.07) is 22.8. The van der Waals surface area contributed by atoms with Crippen LogP contribution in [0.4, 0.5) is 11.5 Å². The van der Waals surface area contributed by atoms with Crippen LogP contribution in [0.1, 0.15) is 17.0 Å². The maximum absolute atomic E-state index is 10.9. The molecule has 0 saturated carbocycles. The molecule has 2 aromatic carbocycles. The van der Waals surface area contributed by atoms with Crippen molar-refractivity contribution in [2.75, 3.05) is 5.73 Å². The summed E-state index contributed by atoms with van der Waals surface area (Å²) in [4.78, 5) is 10.4. The van der Waals surface area contributed by atoms with Gasteiger partial charge >= 0.3 is 0 Å². The first-order valence-electron chi connectivity index (χ1n) is 9.42. The number of nitrogens with zero attached hydrogens (tertiary/aromatic N) is 6. The van der Waals surface area contributed by atoms with Crippen molar-refractivity contribution >= 4 is 23.2 Å². The molecular formula is C23H15N7O2. The van der Waals surface area contributed by atoms with Gasteiger partial charge in [-0.1, -0.05) is 18.2 Å². The fourth-order valence-corrected chi connectivity index (χ4v) is 3.28. The van der Waals surface area contributed by atoms with E-state index in [4.69, 9.17) is 5.73 Å². The lowest BCUT2D eigenvalue weighted by atomic mass is 10.1. The van der Waals surface area contributed by atoms with Gasteiger partial charge < -0.3 is 10.3 Å². The van der Waals surface area contributed by atoms with Crippen molar-refractivity contribution < 1.29 is 4.92 Å². The van der Waals surface area contributed by atoms with Gasteiger partial charge in [0.05, 0.1) is 16.2 Å². The van der Waals surface area contributed by atoms with E-state index in [0.29, 0.717) is 17.1 Å². The van der Waals surface area contributed by atoms with Crippen LogP contribution in [0.5, 0.6) is 0 Å². The van der Waals surface area contributed by atoms with Crippen LogP contribution in [0.15, 0.2) is 72.9 Å². The summed E-state index contributed by atoms with van der Waals surface area (Å²) in [6.45, 7) is 0. The normalized spacial score (nSPS) is 11.0. The summed E-state index contributed by atoms with van der Waals surface area (Å²) in [5.74, 6) is 0.139. The monoisotopic (exact) mass is 421 g/mol. The molecule has 2 N–H and O–H groups in total. The smallest absolute Gasteiger partial charge is 0.269 e. The number of aromatic nitrogens is 3. The number of nitriles is 2. The third-order valence-electron chi connectivity index (χ3n) is 4.82. The Bertz CT molecular complexity index is 1420. The van der Waals surface area contributed by atoms with E-state index in [0.717, 1.165) is 0 Å². The molecule has 32 heavy (non-hydrogen) atoms. The summed E-state index contributed by atoms with van der Waals surface area (Å²) in [5, 5.41) is 34.8. The summed E-state index contributed by atoms with van der Waals surface area (Å²) < 4.78 is 3.19. The second kappa shape index (κ2) is 8.30. The quantitative estimate of drug-likeness (QED) is 0.292. The predicted octanol–water partition coefficient (Wildman–Crippen LogP) is 4.09. The molecule has 4 rings (SSSR count). The van der Waals surface area contributed by atoms with E-state index in [1.165, 1.54) is 16.8 Å². The number of allylic oxidation sites excluding steroid dienone is 1. The van der Waals surface area contributed by atoms with E-state index in [2.05, 4.69) is 11.2 Å². The molecule has 154 valence electrons. The molecule has 2 heterocycles. The van der Waals surface area contributed by atoms with E-state index < -0.39 is 4.92 Å². The zero-order valence-electron chi connectivity index (χ0n) is 16.6. The highest BCUT2D eigenvalue weighted by molar-refractivity contribution is 5.91. The van der Waals surface area contributed by atoms with Crippen LogP contribution < -0.4 is 5.73 Å². The number of nitro benzene ring substituents is 1. The van der Waals surface area contributed by atoms with E-state index in [1.54, 1.807) is 53.2 Å². The Balaban J connectivity index is 1.79. The number of hydrogen-bond donors (Lipinski definition) is 1. The molecule has 4 aromatic rings. The third-order valence-corrected chi connectivity index (χ3v) is 4.82. The molecule has 9 heteroatoms. The van der Waals surface area contributed by atoms with E-state index >= 15 is 0 Å². The molecule has 0 unspecified atom stereocenters. The van der Waals surface area contributed by atoms with Gasteiger partial charge in [-0.3, -0.25) is 10.1 Å². The lowest BCUT2D eigenvalue weighted by molar-refractivity contribution is -0.384. The maximum atomic E-state index is 10.9. The summed E-state index contributed by atoms with van der Waals surface area (Å²) in [5.41, 5.74) is 8.55. The van der Waals surface area contributed by atoms with Gasteiger partial charge in [0, 0.05) is 29.7 Å². The number of non-ortho nitro benzene ring substituents is 1. The number of nitrogens with two attached hydrogens (primary N) is 1. The third kappa shape index (κ3) is 3.58. The van der Waals surface area contributed by atoms with Gasteiger partial charge in [0.25, 0.3) is 5.69 Å². The predicted molar refractivity (Wildman–Crippen MR) is 119 cm³/mol. The van der Waals surface area contributed by atoms with Gasteiger partial charge in [-0.05, 0) is 42.5 Å². The van der Waals surface area contributed by atoms with Crippen molar-refractivity contribution in [3.05, 3.63) is 100.0 Å². The average molecular weight is 421 g/mol. The van der Waals surface area contributed by atoms with Crippen molar-refractivity contribution in [2.45, 2.75) is 0 Å². The fourth-order valence-electron chi connectivity index (χ4n) is 3.28. The van der Waals surface area contributed by atoms with Crippen LogP contribution >= 0.6 is 0 Å². The van der Waals surface area contributed by atoms with Gasteiger partial charge in [-0.25, -0.2) is 4.68 Å². The van der Waals surface area contributed by atoms with E-state index in [9.17, 15) is 20.6 Å². The van der Waals surface area contributed by atoms with Crippen LogP contribution in [0.2, 0.25) is 0 Å². The molecule has 0 aliphatic heterocycles. The van der Waals surface area contributed by atoms with Gasteiger partial charge in [0.1, 0.15) is 29.2 Å². The number of anilines is 1. The average Bonchev–Trinajstić information content (AvgIpc) is 3.42. The Morgan fingerprint density at radius 2 is 1.75 bits per heavy atom. The molecule has 0 spiro atoms. The molecular weight excluding hydrogens is 406 g/mol. The molecule has 0 amide bonds. The molecule has 2 aromatic heterocycles. The van der Waals surface area contributed by atoms with Gasteiger partial charge in [-0.2, -0.15) is 15.6 Å². The minimum atomic E-state index is -0.467. The first kappa shape index (κ1) is 20.1. The number of nitro groups is 1. The largest absolute Gasteiger partial charge is 0.382 e. The van der Waals surface area contributed by atoms with Crippen LogP contribution in [-0.2, 0) is 0 Å². The maximum Gasteiger partial charge on any atom is 0.269 e. The summed E-state index contributed by atoms with van der Waals surface area (Å²) in [6.07, 6.45) is 3.36. The Morgan fingerprint density at radius 3 is 2.38 bits per heavy atom. The topological polar surface area (TPSA) is 139 Å². The Hall–Kier alpha value is -5.15. The van der Waals surface area contributed by atoms with Gasteiger partial charge in [0.2, 0.25) is 0 Å². The van der Waals surface area contributed by atoms with Crippen LogP contribution in [-0.4, -0.2) is 19.3 Å². The minimum Gasteiger partial charge on any atom is -0.382 e. The minimum absolute atomic E-state index is 0.0173. The van der Waals surface area contributed by atoms with Crippen molar-refractivity contribution in [1.29, 1.82) is 10.5 Å². The Labute approximate surface area is 182 Å². The molecule has 9 nitrogen and oxygen atoms in total. The number of benzene rings is 2. The van der Waals surface area contributed by atoms with E-state index in [1.807, 2.05) is 24.3 Å². The standard InChI is InChI=1S/C23H15N7O2/c24-14-16(22-21(15-25)23(26)29(27-22)18-5-2-1-3-6-18)13-20-7-4-12-28(20)17-8-10-19(11-9-17)30(31)32/h1-13H,26H2. The first-order valence-corrected chi connectivity index (χ1v) is 9.42. The second-order valence-corrected chi connectivity index (χ2v) is 6.71. The molecule has 0 atom stereocenters. The Kier molecular flexibility index (Phi) is 5.22. The molecule has 0 fully saturated rings. The summed E-state index contributed by atoms with van der Waals surface area (Å²) in [7, 11) is 0. The van der Waals surface area contributed by atoms with Crippen LogP contribution in [0.25, 0.3) is 23.0 Å². The zero-order valence-corrected chi connectivity index (χ0v) is 16.6. The number of nitrogen functional groups attached to an aromatic ring is 1. The zero-order chi connectivity index (χ0) is 22.7. The number of hydrogen-bond acceptors (Lipinski definition) is 6. The molecule has 0 aliphatic rings. The van der Waals surface area contributed by atoms with Crippen molar-refractivity contribution in [1.82, 2.24) is 14.3 Å². The van der Waals surface area contributed by atoms with Gasteiger partial charge in [-0.15, -0.1) is 0 Å². The highest BCUT2D eigenvalue weighted by Gasteiger charge is 2.20. The summed E-state index contributed by atoms with van der Waals surface area (Å²) >= 11 is 0. The lowest BCUT2D eigenvalue weighted by Gasteiger charge is -2.07. The molecule has 0 aliphatic carbocycles. The van der Waals surface area contributed by atoms with Gasteiger partial charge in [0.15, 0.2) is 0 Å². The highest BCUT2D eigenvalue weighted by Crippen LogP contribution is 2.28. The van der Waals surface area contributed by atoms with E-state index in [-0.39, 0.29) is 28.3 Å². The SMILES string of the molecule is N#CC(=Cc1cccn1-c1ccc([N+](=O)[O-])cc1)c1nn(-c2ccccc2)c(N)c1C#N. The van der Waals surface area contributed by atoms with Crippen molar-refractivity contribution in [3.63, 3.8) is 0 Å². The van der Waals surface area contributed by atoms with Crippen LogP contribution in [0.3, 0.4) is 0 Å². The highest BCUT2D eigenvalue weighted by atomic mass is 16.6.